The number of nitrogens with one attached hydrogen (secondary N) is 1. The van der Waals surface area contributed by atoms with Crippen LogP contribution in [0.5, 0.6) is 11.5 Å². The number of aromatic amines is 1. The number of nitrogens with zero attached hydrogens (tertiary/aromatic N) is 1. The van der Waals surface area contributed by atoms with Crippen LogP contribution >= 0.6 is 0 Å². The van der Waals surface area contributed by atoms with Gasteiger partial charge >= 0.3 is 0 Å². The molecule has 166 valence electrons. The van der Waals surface area contributed by atoms with Crippen molar-refractivity contribution >= 4 is 21.7 Å². The second-order valence-corrected chi connectivity index (χ2v) is 8.23. The van der Waals surface area contributed by atoms with Crippen LogP contribution < -0.4 is 15.0 Å². The average Bonchev–Trinajstić information content (AvgIpc) is 2.80. The van der Waals surface area contributed by atoms with Crippen LogP contribution in [0.15, 0.2) is 41.2 Å². The van der Waals surface area contributed by atoms with Gasteiger partial charge in [-0.3, -0.25) is 9.78 Å². The summed E-state index contributed by atoms with van der Waals surface area (Å²) in [5, 5.41) is 3.00. The van der Waals surface area contributed by atoms with Crippen molar-refractivity contribution in [3.8, 4) is 11.5 Å². The van der Waals surface area contributed by atoms with Crippen LogP contribution in [-0.2, 0) is 19.3 Å². The normalized spacial score (nSPS) is 11.3. The van der Waals surface area contributed by atoms with Crippen molar-refractivity contribution in [1.82, 2.24) is 9.97 Å². The molecule has 0 bridgehead atoms. The van der Waals surface area contributed by atoms with Crippen molar-refractivity contribution in [3.05, 3.63) is 74.8 Å². The van der Waals surface area contributed by atoms with Crippen LogP contribution in [0.2, 0.25) is 0 Å². The van der Waals surface area contributed by atoms with Crippen molar-refractivity contribution in [2.24, 2.45) is 0 Å². The molecule has 0 amide bonds. The fourth-order valence-corrected chi connectivity index (χ4v) is 4.43. The second-order valence-electron chi connectivity index (χ2n) is 8.23. The smallest absolute Gasteiger partial charge is 0.252 e. The van der Waals surface area contributed by atoms with Crippen LogP contribution in [0.1, 0.15) is 48.3 Å². The van der Waals surface area contributed by atoms with Gasteiger partial charge in [-0.25, -0.2) is 0 Å². The van der Waals surface area contributed by atoms with Gasteiger partial charge in [0.15, 0.2) is 11.5 Å². The van der Waals surface area contributed by atoms with E-state index in [4.69, 9.17) is 14.5 Å². The third-order valence-corrected chi connectivity index (χ3v) is 6.05. The maximum Gasteiger partial charge on any atom is 0.252 e. The standard InChI is InChI=1S/C27H30N2O3/c1-6-8-24-20-15-26(32-5)25(31-4)14-19(20)21(27(30)29-24)13-18-12-17-11-16(3)9-10-23(17)28-22(18)7-2/h9-12,14-15H,6-8,13H2,1-5H3,(H,29,30). The number of ether oxygens (including phenoxy) is 2. The molecule has 2 aromatic heterocycles. The van der Waals surface area contributed by atoms with E-state index in [0.717, 1.165) is 63.5 Å². The Hall–Kier alpha value is -3.34. The monoisotopic (exact) mass is 430 g/mol. The maximum absolute atomic E-state index is 13.3. The fraction of sp³-hybridized carbons (Fsp3) is 0.333. The Bertz CT molecular complexity index is 1360. The molecule has 0 spiro atoms. The van der Waals surface area contributed by atoms with E-state index in [-0.39, 0.29) is 5.56 Å². The molecular weight excluding hydrogens is 400 g/mol. The molecular formula is C27H30N2O3. The van der Waals surface area contributed by atoms with Gasteiger partial charge in [-0.05, 0) is 61.0 Å². The van der Waals surface area contributed by atoms with E-state index < -0.39 is 0 Å². The number of methoxy groups -OCH3 is 2. The Labute approximate surface area is 188 Å². The maximum atomic E-state index is 13.3. The average molecular weight is 431 g/mol. The van der Waals surface area contributed by atoms with Crippen LogP contribution in [-0.4, -0.2) is 24.2 Å². The Morgan fingerprint density at radius 2 is 1.69 bits per heavy atom. The van der Waals surface area contributed by atoms with Gasteiger partial charge in [0.25, 0.3) is 5.56 Å². The van der Waals surface area contributed by atoms with E-state index in [1.807, 2.05) is 12.1 Å². The summed E-state index contributed by atoms with van der Waals surface area (Å²) in [5.74, 6) is 1.28. The Morgan fingerprint density at radius 3 is 2.34 bits per heavy atom. The SMILES string of the molecule is CCCc1[nH]c(=O)c(Cc2cc3cc(C)ccc3nc2CC)c2cc(OC)c(OC)cc12. The van der Waals surface area contributed by atoms with E-state index in [1.165, 1.54) is 5.56 Å². The number of hydrogen-bond acceptors (Lipinski definition) is 4. The predicted octanol–water partition coefficient (Wildman–Crippen LogP) is 5.51. The van der Waals surface area contributed by atoms with Crippen molar-refractivity contribution < 1.29 is 9.47 Å². The molecule has 0 unspecified atom stereocenters. The number of aryl methyl sites for hydroxylation is 3. The number of pyridine rings is 2. The molecule has 1 N–H and O–H groups in total. The molecule has 5 nitrogen and oxygen atoms in total. The Morgan fingerprint density at radius 1 is 0.969 bits per heavy atom. The van der Waals surface area contributed by atoms with Gasteiger partial charge in [0.1, 0.15) is 0 Å². The molecule has 0 aliphatic heterocycles. The molecule has 0 aliphatic carbocycles. The van der Waals surface area contributed by atoms with Gasteiger partial charge in [0.05, 0.1) is 19.7 Å². The summed E-state index contributed by atoms with van der Waals surface area (Å²) in [7, 11) is 3.25. The molecule has 4 rings (SSSR count). The van der Waals surface area contributed by atoms with Crippen molar-refractivity contribution in [3.63, 3.8) is 0 Å². The molecule has 0 saturated heterocycles. The molecule has 4 aromatic rings. The fourth-order valence-electron chi connectivity index (χ4n) is 4.43. The van der Waals surface area contributed by atoms with Gasteiger partial charge in [-0.1, -0.05) is 31.9 Å². The highest BCUT2D eigenvalue weighted by Gasteiger charge is 2.17. The number of H-pyrrole nitrogens is 1. The lowest BCUT2D eigenvalue weighted by atomic mass is 9.95. The van der Waals surface area contributed by atoms with Crippen LogP contribution in [0.3, 0.4) is 0 Å². The molecule has 0 saturated carbocycles. The number of rotatable bonds is 7. The van der Waals surface area contributed by atoms with Crippen molar-refractivity contribution in [2.75, 3.05) is 14.2 Å². The first kappa shape index (κ1) is 21.9. The van der Waals surface area contributed by atoms with E-state index in [2.05, 4.69) is 50.0 Å². The first-order chi connectivity index (χ1) is 15.5. The third kappa shape index (κ3) is 3.95. The summed E-state index contributed by atoms with van der Waals surface area (Å²) in [6.45, 7) is 6.29. The van der Waals surface area contributed by atoms with E-state index in [0.29, 0.717) is 17.9 Å². The van der Waals surface area contributed by atoms with Gasteiger partial charge in [-0.15, -0.1) is 0 Å². The molecule has 2 aromatic carbocycles. The third-order valence-electron chi connectivity index (χ3n) is 6.05. The Balaban J connectivity index is 1.95. The summed E-state index contributed by atoms with van der Waals surface area (Å²) < 4.78 is 11.1. The van der Waals surface area contributed by atoms with Crippen molar-refractivity contribution in [1.29, 1.82) is 0 Å². The summed E-state index contributed by atoms with van der Waals surface area (Å²) >= 11 is 0. The lowest BCUT2D eigenvalue weighted by molar-refractivity contribution is 0.356. The van der Waals surface area contributed by atoms with Crippen molar-refractivity contribution in [2.45, 2.75) is 46.5 Å². The lowest BCUT2D eigenvalue weighted by Crippen LogP contribution is -2.17. The zero-order chi connectivity index (χ0) is 22.8. The van der Waals surface area contributed by atoms with Gasteiger partial charge < -0.3 is 14.5 Å². The van der Waals surface area contributed by atoms with Crippen LogP contribution in [0.25, 0.3) is 21.7 Å². The largest absolute Gasteiger partial charge is 0.493 e. The van der Waals surface area contributed by atoms with Crippen LogP contribution in [0, 0.1) is 6.92 Å². The predicted molar refractivity (Wildman–Crippen MR) is 130 cm³/mol. The second kappa shape index (κ2) is 9.03. The number of benzene rings is 2. The Kier molecular flexibility index (Phi) is 6.17. The molecule has 0 radical (unpaired) electrons. The highest BCUT2D eigenvalue weighted by molar-refractivity contribution is 5.91. The number of hydrogen-bond donors (Lipinski definition) is 1. The molecule has 0 fully saturated rings. The summed E-state index contributed by atoms with van der Waals surface area (Å²) in [5.41, 5.74) is 5.88. The molecule has 32 heavy (non-hydrogen) atoms. The summed E-state index contributed by atoms with van der Waals surface area (Å²) in [6.07, 6.45) is 3.04. The lowest BCUT2D eigenvalue weighted by Gasteiger charge is -2.16. The molecule has 0 atom stereocenters. The first-order valence-corrected chi connectivity index (χ1v) is 11.2. The minimum Gasteiger partial charge on any atom is -0.493 e. The first-order valence-electron chi connectivity index (χ1n) is 11.2. The van der Waals surface area contributed by atoms with E-state index in [1.54, 1.807) is 14.2 Å². The highest BCUT2D eigenvalue weighted by atomic mass is 16.5. The highest BCUT2D eigenvalue weighted by Crippen LogP contribution is 2.35. The minimum absolute atomic E-state index is 0.0560. The zero-order valence-electron chi connectivity index (χ0n) is 19.5. The molecule has 2 heterocycles. The summed E-state index contributed by atoms with van der Waals surface area (Å²) in [6, 6.07) is 12.4. The van der Waals surface area contributed by atoms with Crippen LogP contribution in [0.4, 0.5) is 0 Å². The quantitative estimate of drug-likeness (QED) is 0.420. The van der Waals surface area contributed by atoms with E-state index in [9.17, 15) is 4.79 Å². The molecule has 0 aliphatic rings. The van der Waals surface area contributed by atoms with Gasteiger partial charge in [-0.2, -0.15) is 0 Å². The number of aromatic nitrogens is 2. The number of fused-ring (bicyclic) bond motifs is 2. The van der Waals surface area contributed by atoms with E-state index >= 15 is 0 Å². The van der Waals surface area contributed by atoms with Gasteiger partial charge in [0.2, 0.25) is 0 Å². The minimum atomic E-state index is -0.0560. The zero-order valence-corrected chi connectivity index (χ0v) is 19.5. The summed E-state index contributed by atoms with van der Waals surface area (Å²) in [4.78, 5) is 21.3. The molecule has 5 heteroatoms. The van der Waals surface area contributed by atoms with Gasteiger partial charge in [0, 0.05) is 34.1 Å². The topological polar surface area (TPSA) is 64.2 Å².